The fourth-order valence-corrected chi connectivity index (χ4v) is 4.99. The maximum absolute atomic E-state index is 13.5. The second-order valence-electron chi connectivity index (χ2n) is 9.30. The van der Waals surface area contributed by atoms with Gasteiger partial charge in [-0.3, -0.25) is 14.7 Å². The van der Waals surface area contributed by atoms with Gasteiger partial charge in [0.05, 0.1) is 5.69 Å². The molecule has 1 fully saturated rings. The molecule has 0 saturated carbocycles. The van der Waals surface area contributed by atoms with Gasteiger partial charge in [-0.1, -0.05) is 66.7 Å². The highest BCUT2D eigenvalue weighted by Gasteiger charge is 2.31. The lowest BCUT2D eigenvalue weighted by Gasteiger charge is -2.38. The number of aryl methyl sites for hydroxylation is 1. The van der Waals surface area contributed by atoms with E-state index in [1.807, 2.05) is 71.8 Å². The van der Waals surface area contributed by atoms with Crippen LogP contribution in [0.1, 0.15) is 33.7 Å². The first-order valence-corrected chi connectivity index (χ1v) is 12.5. The SMILES string of the molecule is Cc1nnc([C@@H](c2ccccc2)N2CCN(C(=O)c3cccc(-c4cc5ccccc5cn4)c3)CC2)o1. The lowest BCUT2D eigenvalue weighted by atomic mass is 10.0. The van der Waals surface area contributed by atoms with Crippen molar-refractivity contribution < 1.29 is 9.21 Å². The van der Waals surface area contributed by atoms with Crippen molar-refractivity contribution in [3.8, 4) is 11.3 Å². The molecule has 184 valence electrons. The number of aromatic nitrogens is 3. The van der Waals surface area contributed by atoms with Gasteiger partial charge in [-0.2, -0.15) is 0 Å². The maximum Gasteiger partial charge on any atom is 0.253 e. The number of hydrogen-bond acceptors (Lipinski definition) is 6. The second-order valence-corrected chi connectivity index (χ2v) is 9.30. The molecular formula is C30H27N5O2. The molecule has 1 aliphatic rings. The summed E-state index contributed by atoms with van der Waals surface area (Å²) in [5.74, 6) is 1.16. The number of piperazine rings is 1. The number of hydrogen-bond donors (Lipinski definition) is 0. The Balaban J connectivity index is 1.19. The van der Waals surface area contributed by atoms with Gasteiger partial charge in [0.1, 0.15) is 6.04 Å². The van der Waals surface area contributed by atoms with E-state index in [2.05, 4.69) is 44.3 Å². The van der Waals surface area contributed by atoms with Gasteiger partial charge in [-0.25, -0.2) is 0 Å². The molecule has 1 aliphatic heterocycles. The summed E-state index contributed by atoms with van der Waals surface area (Å²) in [6.45, 7) is 4.45. The smallest absolute Gasteiger partial charge is 0.253 e. The zero-order valence-electron chi connectivity index (χ0n) is 20.6. The molecule has 0 N–H and O–H groups in total. The largest absolute Gasteiger partial charge is 0.423 e. The highest BCUT2D eigenvalue weighted by molar-refractivity contribution is 5.95. The number of carbonyl (C=O) groups excluding carboxylic acids is 1. The van der Waals surface area contributed by atoms with Crippen molar-refractivity contribution in [3.63, 3.8) is 0 Å². The van der Waals surface area contributed by atoms with Gasteiger partial charge in [0.15, 0.2) is 0 Å². The zero-order valence-corrected chi connectivity index (χ0v) is 20.6. The molecule has 1 saturated heterocycles. The van der Waals surface area contributed by atoms with Gasteiger partial charge < -0.3 is 9.32 Å². The van der Waals surface area contributed by atoms with Gasteiger partial charge >= 0.3 is 0 Å². The molecule has 6 rings (SSSR count). The summed E-state index contributed by atoms with van der Waals surface area (Å²) < 4.78 is 5.83. The highest BCUT2D eigenvalue weighted by Crippen LogP contribution is 2.29. The summed E-state index contributed by atoms with van der Waals surface area (Å²) in [4.78, 5) is 22.3. The van der Waals surface area contributed by atoms with E-state index in [1.165, 1.54) is 0 Å². The molecular weight excluding hydrogens is 462 g/mol. The van der Waals surface area contributed by atoms with Crippen molar-refractivity contribution in [2.75, 3.05) is 26.2 Å². The predicted molar refractivity (Wildman–Crippen MR) is 142 cm³/mol. The molecule has 1 amide bonds. The average molecular weight is 490 g/mol. The quantitative estimate of drug-likeness (QED) is 0.340. The molecule has 37 heavy (non-hydrogen) atoms. The van der Waals surface area contributed by atoms with E-state index in [-0.39, 0.29) is 11.9 Å². The molecule has 0 spiro atoms. The van der Waals surface area contributed by atoms with Crippen molar-refractivity contribution >= 4 is 16.7 Å². The van der Waals surface area contributed by atoms with Crippen LogP contribution in [0.25, 0.3) is 22.0 Å². The van der Waals surface area contributed by atoms with Gasteiger partial charge in [0.2, 0.25) is 11.8 Å². The molecule has 3 heterocycles. The topological polar surface area (TPSA) is 75.4 Å². The van der Waals surface area contributed by atoms with E-state index in [9.17, 15) is 4.79 Å². The van der Waals surface area contributed by atoms with Crippen LogP contribution in [-0.2, 0) is 0 Å². The Bertz CT molecular complexity index is 1540. The summed E-state index contributed by atoms with van der Waals surface area (Å²) in [5, 5.41) is 10.6. The number of rotatable bonds is 5. The number of benzene rings is 3. The molecule has 7 heteroatoms. The van der Waals surface area contributed by atoms with E-state index < -0.39 is 0 Å². The van der Waals surface area contributed by atoms with E-state index in [0.717, 1.165) is 27.6 Å². The van der Waals surface area contributed by atoms with Gasteiger partial charge in [0, 0.05) is 55.8 Å². The fourth-order valence-electron chi connectivity index (χ4n) is 4.99. The molecule has 0 aliphatic carbocycles. The van der Waals surface area contributed by atoms with E-state index in [4.69, 9.17) is 4.42 Å². The second kappa shape index (κ2) is 9.95. The van der Waals surface area contributed by atoms with E-state index >= 15 is 0 Å². The molecule has 0 radical (unpaired) electrons. The van der Waals surface area contributed by atoms with Gasteiger partial charge in [0.25, 0.3) is 5.91 Å². The van der Waals surface area contributed by atoms with Crippen molar-refractivity contribution in [1.82, 2.24) is 25.0 Å². The van der Waals surface area contributed by atoms with Crippen molar-refractivity contribution in [1.29, 1.82) is 0 Å². The third-order valence-electron chi connectivity index (χ3n) is 6.89. The van der Waals surface area contributed by atoms with Crippen molar-refractivity contribution in [3.05, 3.63) is 114 Å². The van der Waals surface area contributed by atoms with Crippen LogP contribution in [0.5, 0.6) is 0 Å². The Morgan fingerprint density at radius 2 is 1.59 bits per heavy atom. The van der Waals surface area contributed by atoms with Gasteiger partial charge in [-0.05, 0) is 29.1 Å². The zero-order chi connectivity index (χ0) is 25.2. The Labute approximate surface area is 215 Å². The molecule has 2 aromatic heterocycles. The van der Waals surface area contributed by atoms with Gasteiger partial charge in [-0.15, -0.1) is 10.2 Å². The van der Waals surface area contributed by atoms with Crippen molar-refractivity contribution in [2.24, 2.45) is 0 Å². The highest BCUT2D eigenvalue weighted by atomic mass is 16.4. The minimum absolute atomic E-state index is 0.0344. The molecule has 0 bridgehead atoms. The summed E-state index contributed by atoms with van der Waals surface area (Å²) in [5.41, 5.74) is 3.57. The lowest BCUT2D eigenvalue weighted by Crippen LogP contribution is -2.50. The van der Waals surface area contributed by atoms with Crippen LogP contribution in [0.4, 0.5) is 0 Å². The molecule has 3 aromatic carbocycles. The van der Waals surface area contributed by atoms with Crippen LogP contribution in [0.15, 0.2) is 95.5 Å². The average Bonchev–Trinajstić information content (AvgIpc) is 3.39. The Morgan fingerprint density at radius 1 is 0.838 bits per heavy atom. The monoisotopic (exact) mass is 489 g/mol. The van der Waals surface area contributed by atoms with Crippen LogP contribution in [0.2, 0.25) is 0 Å². The van der Waals surface area contributed by atoms with Crippen LogP contribution in [-0.4, -0.2) is 57.1 Å². The molecule has 1 atom stereocenters. The number of carbonyl (C=O) groups is 1. The third kappa shape index (κ3) is 4.73. The number of pyridine rings is 1. The summed E-state index contributed by atoms with van der Waals surface area (Å²) >= 11 is 0. The van der Waals surface area contributed by atoms with Crippen LogP contribution < -0.4 is 0 Å². The van der Waals surface area contributed by atoms with Crippen LogP contribution >= 0.6 is 0 Å². The first kappa shape index (κ1) is 23.1. The Hall–Kier alpha value is -4.36. The first-order chi connectivity index (χ1) is 18.2. The first-order valence-electron chi connectivity index (χ1n) is 12.5. The molecule has 5 aromatic rings. The Kier molecular flexibility index (Phi) is 6.20. The fraction of sp³-hybridized carbons (Fsp3) is 0.200. The number of fused-ring (bicyclic) bond motifs is 1. The third-order valence-corrected chi connectivity index (χ3v) is 6.89. The lowest BCUT2D eigenvalue weighted by molar-refractivity contribution is 0.0578. The normalized spacial score (nSPS) is 15.1. The number of nitrogens with zero attached hydrogens (tertiary/aromatic N) is 5. The summed E-state index contributed by atoms with van der Waals surface area (Å²) in [6, 6.07) is 28.0. The van der Waals surface area contributed by atoms with Crippen LogP contribution in [0.3, 0.4) is 0 Å². The van der Waals surface area contributed by atoms with E-state index in [0.29, 0.717) is 43.5 Å². The van der Waals surface area contributed by atoms with Crippen LogP contribution in [0, 0.1) is 6.92 Å². The molecule has 0 unspecified atom stereocenters. The van der Waals surface area contributed by atoms with E-state index in [1.54, 1.807) is 6.92 Å². The summed E-state index contributed by atoms with van der Waals surface area (Å²) in [6.07, 6.45) is 1.88. The minimum Gasteiger partial charge on any atom is -0.423 e. The predicted octanol–water partition coefficient (Wildman–Crippen LogP) is 5.14. The van der Waals surface area contributed by atoms with Crippen molar-refractivity contribution in [2.45, 2.75) is 13.0 Å². The Morgan fingerprint density at radius 3 is 2.35 bits per heavy atom. The minimum atomic E-state index is -0.137. The standard InChI is InChI=1S/C30H27N5O2/c1-21-32-33-29(37-21)28(22-8-3-2-4-9-22)34-14-16-35(17-15-34)30(36)25-13-7-12-24(18-25)27-19-23-10-5-6-11-26(23)20-31-27/h2-13,18-20,28H,14-17H2,1H3/t28-/m1/s1. The summed E-state index contributed by atoms with van der Waals surface area (Å²) in [7, 11) is 0. The maximum atomic E-state index is 13.5. The number of amides is 1. The molecule has 7 nitrogen and oxygen atoms in total.